The highest BCUT2D eigenvalue weighted by Crippen LogP contribution is 2.24. The van der Waals surface area contributed by atoms with E-state index < -0.39 is 0 Å². The second-order valence-corrected chi connectivity index (χ2v) is 5.10. The molecule has 0 amide bonds. The first-order valence-corrected chi connectivity index (χ1v) is 6.58. The first kappa shape index (κ1) is 13.0. The minimum absolute atomic E-state index is 0.756. The molecule has 0 aliphatic heterocycles. The summed E-state index contributed by atoms with van der Waals surface area (Å²) in [6.07, 6.45) is 8.08. The number of hydrogen-bond donors (Lipinski definition) is 1. The zero-order valence-electron chi connectivity index (χ0n) is 10.9. The molecule has 90 valence electrons. The predicted molar refractivity (Wildman–Crippen MR) is 67.2 cm³/mol. The van der Waals surface area contributed by atoms with E-state index in [2.05, 4.69) is 38.2 Å². The van der Waals surface area contributed by atoms with Gasteiger partial charge in [-0.1, -0.05) is 13.3 Å². The fourth-order valence-corrected chi connectivity index (χ4v) is 2.75. The zero-order valence-corrected chi connectivity index (χ0v) is 10.9. The van der Waals surface area contributed by atoms with Crippen LogP contribution in [0.5, 0.6) is 0 Å². The molecule has 1 aliphatic rings. The summed E-state index contributed by atoms with van der Waals surface area (Å²) < 4.78 is 0. The molecule has 1 fully saturated rings. The topological polar surface area (TPSA) is 15.3 Å². The molecule has 0 radical (unpaired) electrons. The second-order valence-electron chi connectivity index (χ2n) is 5.10. The van der Waals surface area contributed by atoms with Crippen LogP contribution in [0.25, 0.3) is 0 Å². The summed E-state index contributed by atoms with van der Waals surface area (Å²) in [6, 6.07) is 2.36. The second kappa shape index (κ2) is 6.49. The van der Waals surface area contributed by atoms with Gasteiger partial charge in [-0.25, -0.2) is 0 Å². The van der Waals surface area contributed by atoms with Gasteiger partial charge in [0, 0.05) is 18.1 Å². The molecule has 0 saturated heterocycles. The number of nitrogens with one attached hydrogen (secondary N) is 1. The number of hydrogen-bond acceptors (Lipinski definition) is 2. The molecule has 2 nitrogen and oxygen atoms in total. The first-order valence-electron chi connectivity index (χ1n) is 6.58. The SMILES string of the molecule is CCCC(C)N(C)C1CCC(NC)CC1. The van der Waals surface area contributed by atoms with E-state index >= 15 is 0 Å². The van der Waals surface area contributed by atoms with Crippen molar-refractivity contribution < 1.29 is 0 Å². The molecule has 15 heavy (non-hydrogen) atoms. The van der Waals surface area contributed by atoms with E-state index in [0.717, 1.165) is 18.1 Å². The molecule has 0 bridgehead atoms. The summed E-state index contributed by atoms with van der Waals surface area (Å²) >= 11 is 0. The Labute approximate surface area is 95.4 Å². The van der Waals surface area contributed by atoms with Crippen LogP contribution in [-0.4, -0.2) is 37.1 Å². The average molecular weight is 212 g/mol. The van der Waals surface area contributed by atoms with E-state index in [9.17, 15) is 0 Å². The van der Waals surface area contributed by atoms with Gasteiger partial charge < -0.3 is 10.2 Å². The lowest BCUT2D eigenvalue weighted by Crippen LogP contribution is -2.43. The van der Waals surface area contributed by atoms with Crippen LogP contribution in [-0.2, 0) is 0 Å². The molecule has 1 atom stereocenters. The van der Waals surface area contributed by atoms with E-state index in [1.807, 2.05) is 0 Å². The van der Waals surface area contributed by atoms with Gasteiger partial charge in [-0.15, -0.1) is 0 Å². The van der Waals surface area contributed by atoms with Crippen LogP contribution in [0.15, 0.2) is 0 Å². The molecule has 0 heterocycles. The summed E-state index contributed by atoms with van der Waals surface area (Å²) in [5.74, 6) is 0. The summed E-state index contributed by atoms with van der Waals surface area (Å²) in [6.45, 7) is 4.65. The van der Waals surface area contributed by atoms with Gasteiger partial charge in [0.15, 0.2) is 0 Å². The van der Waals surface area contributed by atoms with Crippen molar-refractivity contribution in [2.24, 2.45) is 0 Å². The number of nitrogens with zero attached hydrogens (tertiary/aromatic N) is 1. The molecule has 1 saturated carbocycles. The molecule has 0 aromatic rings. The first-order chi connectivity index (χ1) is 7.19. The maximum absolute atomic E-state index is 3.40. The zero-order chi connectivity index (χ0) is 11.3. The van der Waals surface area contributed by atoms with Gasteiger partial charge in [-0.3, -0.25) is 0 Å². The molecule has 0 spiro atoms. The summed E-state index contributed by atoms with van der Waals surface area (Å²) in [7, 11) is 4.40. The van der Waals surface area contributed by atoms with Crippen LogP contribution in [0.3, 0.4) is 0 Å². The highest BCUT2D eigenvalue weighted by atomic mass is 15.2. The van der Waals surface area contributed by atoms with Crippen molar-refractivity contribution in [3.63, 3.8) is 0 Å². The van der Waals surface area contributed by atoms with Crippen molar-refractivity contribution >= 4 is 0 Å². The van der Waals surface area contributed by atoms with Crippen molar-refractivity contribution in [3.05, 3.63) is 0 Å². The summed E-state index contributed by atoms with van der Waals surface area (Å²) in [5, 5.41) is 3.40. The standard InChI is InChI=1S/C13H28N2/c1-5-6-11(2)15(4)13-9-7-12(14-3)8-10-13/h11-14H,5-10H2,1-4H3. The van der Waals surface area contributed by atoms with Gasteiger partial charge in [0.25, 0.3) is 0 Å². The lowest BCUT2D eigenvalue weighted by atomic mass is 9.89. The maximum atomic E-state index is 3.40. The predicted octanol–water partition coefficient (Wildman–Crippen LogP) is 2.64. The highest BCUT2D eigenvalue weighted by Gasteiger charge is 2.24. The Balaban J connectivity index is 2.32. The monoisotopic (exact) mass is 212 g/mol. The van der Waals surface area contributed by atoms with Crippen molar-refractivity contribution in [1.82, 2.24) is 10.2 Å². The smallest absolute Gasteiger partial charge is 0.00961 e. The highest BCUT2D eigenvalue weighted by molar-refractivity contribution is 4.82. The Hall–Kier alpha value is -0.0800. The fraction of sp³-hybridized carbons (Fsp3) is 1.00. The Bertz CT molecular complexity index is 162. The third kappa shape index (κ3) is 3.76. The minimum Gasteiger partial charge on any atom is -0.317 e. The molecule has 0 aromatic carbocycles. The van der Waals surface area contributed by atoms with Crippen LogP contribution in [0, 0.1) is 0 Å². The van der Waals surface area contributed by atoms with E-state index in [0.29, 0.717) is 0 Å². The normalized spacial score (nSPS) is 29.4. The van der Waals surface area contributed by atoms with Crippen molar-refractivity contribution in [1.29, 1.82) is 0 Å². The van der Waals surface area contributed by atoms with E-state index in [-0.39, 0.29) is 0 Å². The van der Waals surface area contributed by atoms with Crippen LogP contribution in [0.1, 0.15) is 52.4 Å². The van der Waals surface area contributed by atoms with Crippen molar-refractivity contribution in [2.45, 2.75) is 70.5 Å². The Kier molecular flexibility index (Phi) is 5.62. The van der Waals surface area contributed by atoms with Gasteiger partial charge in [0.2, 0.25) is 0 Å². The molecular formula is C13H28N2. The third-order valence-electron chi connectivity index (χ3n) is 4.08. The van der Waals surface area contributed by atoms with Gasteiger partial charge >= 0.3 is 0 Å². The Morgan fingerprint density at radius 1 is 1.27 bits per heavy atom. The van der Waals surface area contributed by atoms with E-state index in [1.54, 1.807) is 0 Å². The molecule has 2 heteroatoms. The molecule has 1 N–H and O–H groups in total. The van der Waals surface area contributed by atoms with Crippen LogP contribution in [0.2, 0.25) is 0 Å². The lowest BCUT2D eigenvalue weighted by Gasteiger charge is -2.38. The van der Waals surface area contributed by atoms with E-state index in [4.69, 9.17) is 0 Å². The van der Waals surface area contributed by atoms with Crippen LogP contribution in [0.4, 0.5) is 0 Å². The third-order valence-corrected chi connectivity index (χ3v) is 4.08. The molecule has 1 rings (SSSR count). The molecule has 1 unspecified atom stereocenters. The molecule has 0 aromatic heterocycles. The molecule has 1 aliphatic carbocycles. The van der Waals surface area contributed by atoms with Gasteiger partial charge in [0.1, 0.15) is 0 Å². The lowest BCUT2D eigenvalue weighted by molar-refractivity contribution is 0.130. The molecular weight excluding hydrogens is 184 g/mol. The van der Waals surface area contributed by atoms with Gasteiger partial charge in [-0.05, 0) is 53.1 Å². The van der Waals surface area contributed by atoms with Crippen molar-refractivity contribution in [3.8, 4) is 0 Å². The summed E-state index contributed by atoms with van der Waals surface area (Å²) in [4.78, 5) is 2.61. The Morgan fingerprint density at radius 2 is 1.87 bits per heavy atom. The summed E-state index contributed by atoms with van der Waals surface area (Å²) in [5.41, 5.74) is 0. The van der Waals surface area contributed by atoms with Gasteiger partial charge in [0.05, 0.1) is 0 Å². The van der Waals surface area contributed by atoms with Crippen LogP contribution >= 0.6 is 0 Å². The van der Waals surface area contributed by atoms with E-state index in [1.165, 1.54) is 38.5 Å². The average Bonchev–Trinajstić information content (AvgIpc) is 2.28. The van der Waals surface area contributed by atoms with Gasteiger partial charge in [-0.2, -0.15) is 0 Å². The minimum atomic E-state index is 0.756. The largest absolute Gasteiger partial charge is 0.317 e. The maximum Gasteiger partial charge on any atom is 0.00961 e. The van der Waals surface area contributed by atoms with Crippen LogP contribution < -0.4 is 5.32 Å². The quantitative estimate of drug-likeness (QED) is 0.753. The Morgan fingerprint density at radius 3 is 2.33 bits per heavy atom. The fourth-order valence-electron chi connectivity index (χ4n) is 2.75. The number of rotatable bonds is 5. The van der Waals surface area contributed by atoms with Crippen molar-refractivity contribution in [2.75, 3.05) is 14.1 Å².